The first kappa shape index (κ1) is 19.7. The number of ether oxygens (including phenoxy) is 1. The monoisotopic (exact) mass is 360 g/mol. The van der Waals surface area contributed by atoms with E-state index >= 15 is 0 Å². The van der Waals surface area contributed by atoms with Crippen LogP contribution >= 0.6 is 0 Å². The van der Waals surface area contributed by atoms with Gasteiger partial charge in [0.05, 0.1) is 24.3 Å². The van der Waals surface area contributed by atoms with Crippen molar-refractivity contribution >= 4 is 11.9 Å². The van der Waals surface area contributed by atoms with Crippen LogP contribution in [0.2, 0.25) is 0 Å². The van der Waals surface area contributed by atoms with E-state index in [0.29, 0.717) is 23.5 Å². The first-order chi connectivity index (χ1) is 12.3. The normalized spacial score (nSPS) is 11.9. The zero-order chi connectivity index (χ0) is 19.4. The second-order valence-electron chi connectivity index (χ2n) is 6.34. The molecule has 1 aromatic heterocycles. The number of esters is 1. The molecule has 1 amide bonds. The molecule has 2 aromatic rings. The number of carbonyl (C=O) groups is 2. The average molecular weight is 360 g/mol. The van der Waals surface area contributed by atoms with E-state index in [9.17, 15) is 14.0 Å². The van der Waals surface area contributed by atoms with Crippen LogP contribution in [-0.2, 0) is 9.53 Å². The summed E-state index contributed by atoms with van der Waals surface area (Å²) in [5.41, 5.74) is 2.35. The fourth-order valence-corrected chi connectivity index (χ4v) is 3.12. The number of rotatable bonds is 6. The van der Waals surface area contributed by atoms with Gasteiger partial charge >= 0.3 is 5.97 Å². The van der Waals surface area contributed by atoms with Gasteiger partial charge in [0, 0.05) is 24.5 Å². The molecule has 0 aliphatic heterocycles. The molecule has 0 radical (unpaired) electrons. The van der Waals surface area contributed by atoms with Gasteiger partial charge in [0.1, 0.15) is 5.82 Å². The summed E-state index contributed by atoms with van der Waals surface area (Å²) < 4.78 is 20.7. The highest BCUT2D eigenvalue weighted by Crippen LogP contribution is 2.24. The fraction of sp³-hybridized carbons (Fsp3) is 0.400. The third kappa shape index (κ3) is 3.79. The van der Waals surface area contributed by atoms with E-state index in [4.69, 9.17) is 4.74 Å². The number of para-hydroxylation sites is 1. The Bertz CT molecular complexity index is 813. The second-order valence-corrected chi connectivity index (χ2v) is 6.34. The molecule has 0 N–H and O–H groups in total. The number of aryl methyl sites for hydroxylation is 1. The van der Waals surface area contributed by atoms with E-state index < -0.39 is 5.92 Å². The minimum Gasteiger partial charge on any atom is -0.469 e. The molecule has 1 heterocycles. The van der Waals surface area contributed by atoms with Crippen LogP contribution in [0.3, 0.4) is 0 Å². The van der Waals surface area contributed by atoms with Crippen molar-refractivity contribution in [2.45, 2.75) is 27.7 Å². The van der Waals surface area contributed by atoms with Crippen molar-refractivity contribution in [2.75, 3.05) is 20.2 Å². The lowest BCUT2D eigenvalue weighted by molar-refractivity contribution is -0.145. The average Bonchev–Trinajstić information content (AvgIpc) is 2.93. The van der Waals surface area contributed by atoms with Crippen LogP contribution in [-0.4, -0.2) is 41.5 Å². The third-order valence-corrected chi connectivity index (χ3v) is 4.52. The lowest BCUT2D eigenvalue weighted by atomic mass is 10.1. The van der Waals surface area contributed by atoms with Crippen molar-refractivity contribution in [3.05, 3.63) is 53.1 Å². The molecule has 1 unspecified atom stereocenters. The molecule has 1 aromatic carbocycles. The first-order valence-corrected chi connectivity index (χ1v) is 8.62. The molecular weight excluding hydrogens is 335 g/mol. The van der Waals surface area contributed by atoms with Crippen molar-refractivity contribution in [1.82, 2.24) is 9.47 Å². The third-order valence-electron chi connectivity index (χ3n) is 4.52. The Labute approximate surface area is 153 Å². The number of aromatic nitrogens is 1. The number of methoxy groups -OCH3 is 1. The van der Waals surface area contributed by atoms with Gasteiger partial charge in [0.25, 0.3) is 5.91 Å². The lowest BCUT2D eigenvalue weighted by Crippen LogP contribution is -2.37. The van der Waals surface area contributed by atoms with Gasteiger partial charge in [0.2, 0.25) is 0 Å². The van der Waals surface area contributed by atoms with Crippen molar-refractivity contribution in [3.8, 4) is 5.69 Å². The maximum Gasteiger partial charge on any atom is 0.310 e. The fourth-order valence-electron chi connectivity index (χ4n) is 3.12. The Hall–Kier alpha value is -2.63. The first-order valence-electron chi connectivity index (χ1n) is 8.62. The van der Waals surface area contributed by atoms with Crippen LogP contribution in [0, 0.1) is 25.6 Å². The van der Waals surface area contributed by atoms with Gasteiger partial charge in [-0.3, -0.25) is 9.59 Å². The molecule has 0 spiro atoms. The van der Waals surface area contributed by atoms with Gasteiger partial charge < -0.3 is 14.2 Å². The van der Waals surface area contributed by atoms with Gasteiger partial charge in [-0.1, -0.05) is 19.1 Å². The van der Waals surface area contributed by atoms with Crippen LogP contribution in [0.15, 0.2) is 30.3 Å². The summed E-state index contributed by atoms with van der Waals surface area (Å²) in [7, 11) is 1.33. The zero-order valence-electron chi connectivity index (χ0n) is 15.9. The molecular formula is C20H25FN2O3. The minimum absolute atomic E-state index is 0.182. The number of nitrogens with zero attached hydrogens (tertiary/aromatic N) is 2. The van der Waals surface area contributed by atoms with Gasteiger partial charge in [-0.2, -0.15) is 0 Å². The summed E-state index contributed by atoms with van der Waals surface area (Å²) in [6.45, 7) is 7.95. The van der Waals surface area contributed by atoms with E-state index in [1.54, 1.807) is 47.6 Å². The summed E-state index contributed by atoms with van der Waals surface area (Å²) in [4.78, 5) is 26.3. The standard InChI is InChI=1S/C20H25FN2O3/c1-6-22(12-13(2)20(25)26-5)19(24)16-11-14(3)23(15(16)4)18-10-8-7-9-17(18)21/h7-11,13H,6,12H2,1-5H3. The van der Waals surface area contributed by atoms with Crippen molar-refractivity contribution < 1.29 is 18.7 Å². The number of benzene rings is 1. The number of hydrogen-bond acceptors (Lipinski definition) is 3. The van der Waals surface area contributed by atoms with Crippen LogP contribution in [0.4, 0.5) is 4.39 Å². The summed E-state index contributed by atoms with van der Waals surface area (Å²) in [6.07, 6.45) is 0. The molecule has 1 atom stereocenters. The SMILES string of the molecule is CCN(CC(C)C(=O)OC)C(=O)c1cc(C)n(-c2ccccc2F)c1C. The summed E-state index contributed by atoms with van der Waals surface area (Å²) >= 11 is 0. The van der Waals surface area contributed by atoms with E-state index in [1.165, 1.54) is 13.2 Å². The molecule has 2 rings (SSSR count). The van der Waals surface area contributed by atoms with E-state index in [1.807, 2.05) is 13.8 Å². The van der Waals surface area contributed by atoms with E-state index in [0.717, 1.165) is 5.69 Å². The molecule has 6 heteroatoms. The Balaban J connectivity index is 2.37. The van der Waals surface area contributed by atoms with Crippen molar-refractivity contribution in [1.29, 1.82) is 0 Å². The second kappa shape index (κ2) is 8.17. The van der Waals surface area contributed by atoms with Gasteiger partial charge in [-0.25, -0.2) is 4.39 Å². The Morgan fingerprint density at radius 2 is 1.92 bits per heavy atom. The van der Waals surface area contributed by atoms with Crippen molar-refractivity contribution in [3.63, 3.8) is 0 Å². The highest BCUT2D eigenvalue weighted by Gasteiger charge is 2.25. The van der Waals surface area contributed by atoms with Crippen molar-refractivity contribution in [2.24, 2.45) is 5.92 Å². The smallest absolute Gasteiger partial charge is 0.310 e. The largest absolute Gasteiger partial charge is 0.469 e. The predicted molar refractivity (Wildman–Crippen MR) is 98.0 cm³/mol. The van der Waals surface area contributed by atoms with Gasteiger partial charge in [-0.05, 0) is 39.0 Å². The zero-order valence-corrected chi connectivity index (χ0v) is 15.9. The van der Waals surface area contributed by atoms with Crippen LogP contribution < -0.4 is 0 Å². The number of halogens is 1. The molecule has 0 fully saturated rings. The molecule has 0 aliphatic carbocycles. The Kier molecular flexibility index (Phi) is 6.18. The number of hydrogen-bond donors (Lipinski definition) is 0. The molecule has 0 aliphatic rings. The maximum atomic E-state index is 14.2. The van der Waals surface area contributed by atoms with Gasteiger partial charge in [0.15, 0.2) is 0 Å². The summed E-state index contributed by atoms with van der Waals surface area (Å²) in [5.74, 6) is -1.30. The quantitative estimate of drug-likeness (QED) is 0.741. The minimum atomic E-state index is -0.418. The summed E-state index contributed by atoms with van der Waals surface area (Å²) in [5, 5.41) is 0. The predicted octanol–water partition coefficient (Wildman–Crippen LogP) is 3.50. The van der Waals surface area contributed by atoms with Crippen LogP contribution in [0.1, 0.15) is 35.6 Å². The topological polar surface area (TPSA) is 51.5 Å². The highest BCUT2D eigenvalue weighted by atomic mass is 19.1. The Morgan fingerprint density at radius 3 is 2.50 bits per heavy atom. The van der Waals surface area contributed by atoms with E-state index in [2.05, 4.69) is 0 Å². The lowest BCUT2D eigenvalue weighted by Gasteiger charge is -2.23. The molecule has 140 valence electrons. The molecule has 0 bridgehead atoms. The van der Waals surface area contributed by atoms with Crippen LogP contribution in [0.5, 0.6) is 0 Å². The Morgan fingerprint density at radius 1 is 1.27 bits per heavy atom. The highest BCUT2D eigenvalue weighted by molar-refractivity contribution is 5.96. The summed E-state index contributed by atoms with van der Waals surface area (Å²) in [6, 6.07) is 8.23. The molecule has 5 nitrogen and oxygen atoms in total. The molecule has 26 heavy (non-hydrogen) atoms. The van der Waals surface area contributed by atoms with Crippen LogP contribution in [0.25, 0.3) is 5.69 Å². The number of carbonyl (C=O) groups excluding carboxylic acids is 2. The number of amides is 1. The van der Waals surface area contributed by atoms with E-state index in [-0.39, 0.29) is 24.2 Å². The maximum absolute atomic E-state index is 14.2. The molecule has 0 saturated heterocycles. The van der Waals surface area contributed by atoms with Gasteiger partial charge in [-0.15, -0.1) is 0 Å². The molecule has 0 saturated carbocycles.